The van der Waals surface area contributed by atoms with Gasteiger partial charge in [-0.05, 0) is 49.9 Å². The Morgan fingerprint density at radius 2 is 2.09 bits per heavy atom. The van der Waals surface area contributed by atoms with Gasteiger partial charge in [-0.25, -0.2) is 0 Å². The molecular weight excluding hydrogens is 387 g/mol. The summed E-state index contributed by atoms with van der Waals surface area (Å²) in [5, 5.41) is 4.39. The number of nitrogens with zero attached hydrogens (tertiary/aromatic N) is 1. The van der Waals surface area contributed by atoms with Gasteiger partial charge in [-0.15, -0.1) is 0 Å². The Labute approximate surface area is 149 Å². The SMILES string of the molecule is O=C([C@@H]1CCCNC1)N(Cc1cc(Br)cc(Cl)c1Cl)C1CC1. The molecule has 0 unspecified atom stereocenters. The average Bonchev–Trinajstić information content (AvgIpc) is 3.34. The minimum atomic E-state index is 0.0933. The van der Waals surface area contributed by atoms with Gasteiger partial charge in [0.25, 0.3) is 0 Å². The number of hydrogen-bond donors (Lipinski definition) is 1. The largest absolute Gasteiger partial charge is 0.335 e. The highest BCUT2D eigenvalue weighted by Crippen LogP contribution is 2.35. The fourth-order valence-corrected chi connectivity index (χ4v) is 4.02. The molecule has 1 atom stereocenters. The molecule has 3 nitrogen and oxygen atoms in total. The number of benzene rings is 1. The molecule has 1 saturated carbocycles. The van der Waals surface area contributed by atoms with Crippen molar-refractivity contribution in [2.45, 2.75) is 38.3 Å². The number of hydrogen-bond acceptors (Lipinski definition) is 2. The van der Waals surface area contributed by atoms with E-state index in [1.807, 2.05) is 11.0 Å². The van der Waals surface area contributed by atoms with Gasteiger partial charge in [-0.1, -0.05) is 39.1 Å². The zero-order valence-corrected chi connectivity index (χ0v) is 15.3. The second-order valence-corrected chi connectivity index (χ2v) is 7.80. The van der Waals surface area contributed by atoms with Gasteiger partial charge < -0.3 is 10.2 Å². The Balaban J connectivity index is 1.79. The zero-order chi connectivity index (χ0) is 15.7. The molecule has 1 aromatic carbocycles. The van der Waals surface area contributed by atoms with Crippen LogP contribution in [0.25, 0.3) is 0 Å². The lowest BCUT2D eigenvalue weighted by Gasteiger charge is -2.30. The topological polar surface area (TPSA) is 32.3 Å². The van der Waals surface area contributed by atoms with E-state index in [2.05, 4.69) is 21.2 Å². The maximum Gasteiger partial charge on any atom is 0.227 e. The summed E-state index contributed by atoms with van der Waals surface area (Å²) in [5.41, 5.74) is 0.907. The molecule has 120 valence electrons. The van der Waals surface area contributed by atoms with E-state index in [0.717, 1.165) is 48.8 Å². The smallest absolute Gasteiger partial charge is 0.227 e. The predicted octanol–water partition coefficient (Wildman–Crippen LogP) is 4.25. The molecule has 6 heteroatoms. The van der Waals surface area contributed by atoms with Gasteiger partial charge in [0, 0.05) is 23.6 Å². The van der Waals surface area contributed by atoms with Crippen molar-refractivity contribution >= 4 is 45.0 Å². The molecule has 0 radical (unpaired) electrons. The number of amides is 1. The van der Waals surface area contributed by atoms with Crippen molar-refractivity contribution in [3.05, 3.63) is 32.2 Å². The Bertz CT molecular complexity index is 572. The van der Waals surface area contributed by atoms with Gasteiger partial charge >= 0.3 is 0 Å². The Hall–Kier alpha value is -0.290. The van der Waals surface area contributed by atoms with Crippen LogP contribution < -0.4 is 5.32 Å². The molecule has 0 spiro atoms. The molecule has 1 heterocycles. The van der Waals surface area contributed by atoms with E-state index in [0.29, 0.717) is 22.6 Å². The molecule has 1 aliphatic carbocycles. The minimum Gasteiger partial charge on any atom is -0.335 e. The van der Waals surface area contributed by atoms with Gasteiger partial charge in [-0.2, -0.15) is 0 Å². The van der Waals surface area contributed by atoms with Gasteiger partial charge in [0.15, 0.2) is 0 Å². The van der Waals surface area contributed by atoms with E-state index in [1.165, 1.54) is 0 Å². The average molecular weight is 406 g/mol. The Morgan fingerprint density at radius 3 is 2.73 bits per heavy atom. The van der Waals surface area contributed by atoms with Crippen LogP contribution in [-0.4, -0.2) is 29.9 Å². The first-order valence-corrected chi connectivity index (χ1v) is 9.26. The van der Waals surface area contributed by atoms with Crippen molar-refractivity contribution < 1.29 is 4.79 Å². The van der Waals surface area contributed by atoms with Crippen molar-refractivity contribution in [3.63, 3.8) is 0 Å². The second-order valence-electron chi connectivity index (χ2n) is 6.10. The highest BCUT2D eigenvalue weighted by molar-refractivity contribution is 9.10. The molecule has 1 amide bonds. The number of halogens is 3. The molecule has 1 saturated heterocycles. The molecule has 2 fully saturated rings. The molecule has 1 aromatic rings. The first kappa shape index (κ1) is 16.6. The molecule has 1 N–H and O–H groups in total. The standard InChI is InChI=1S/C16H19BrCl2N2O/c17-12-6-11(15(19)14(18)7-12)9-21(13-3-4-13)16(22)10-2-1-5-20-8-10/h6-7,10,13,20H,1-5,8-9H2/t10-/m1/s1. The van der Waals surface area contributed by atoms with E-state index in [4.69, 9.17) is 23.2 Å². The summed E-state index contributed by atoms with van der Waals surface area (Å²) in [6.45, 7) is 2.34. The van der Waals surface area contributed by atoms with E-state index < -0.39 is 0 Å². The third kappa shape index (κ3) is 3.78. The van der Waals surface area contributed by atoms with Crippen LogP contribution in [0.5, 0.6) is 0 Å². The third-order valence-corrected chi connectivity index (χ3v) is 5.62. The highest BCUT2D eigenvalue weighted by Gasteiger charge is 2.36. The summed E-state index contributed by atoms with van der Waals surface area (Å²) in [6.07, 6.45) is 4.22. The molecule has 2 aliphatic rings. The molecule has 1 aliphatic heterocycles. The maximum atomic E-state index is 12.9. The van der Waals surface area contributed by atoms with Crippen molar-refractivity contribution in [1.29, 1.82) is 0 Å². The van der Waals surface area contributed by atoms with Crippen LogP contribution in [0.4, 0.5) is 0 Å². The molecular formula is C16H19BrCl2N2O. The van der Waals surface area contributed by atoms with Crippen LogP contribution >= 0.6 is 39.1 Å². The summed E-state index contributed by atoms with van der Waals surface area (Å²) in [4.78, 5) is 14.9. The predicted molar refractivity (Wildman–Crippen MR) is 93.3 cm³/mol. The fraction of sp³-hybridized carbons (Fsp3) is 0.562. The first-order chi connectivity index (χ1) is 10.6. The molecule has 0 aromatic heterocycles. The number of carbonyl (C=O) groups is 1. The van der Waals surface area contributed by atoms with Crippen LogP contribution in [0.15, 0.2) is 16.6 Å². The summed E-state index contributed by atoms with van der Waals surface area (Å²) in [7, 11) is 0. The van der Waals surface area contributed by atoms with Crippen LogP contribution in [0.3, 0.4) is 0 Å². The van der Waals surface area contributed by atoms with Crippen molar-refractivity contribution in [3.8, 4) is 0 Å². The molecule has 0 bridgehead atoms. The number of nitrogens with one attached hydrogen (secondary N) is 1. The van der Waals surface area contributed by atoms with Crippen molar-refractivity contribution in [2.75, 3.05) is 13.1 Å². The molecule has 22 heavy (non-hydrogen) atoms. The quantitative estimate of drug-likeness (QED) is 0.759. The summed E-state index contributed by atoms with van der Waals surface area (Å²) < 4.78 is 0.888. The van der Waals surface area contributed by atoms with E-state index in [-0.39, 0.29) is 11.8 Å². The fourth-order valence-electron chi connectivity index (χ4n) is 2.98. The van der Waals surface area contributed by atoms with E-state index in [1.54, 1.807) is 6.07 Å². The van der Waals surface area contributed by atoms with Crippen molar-refractivity contribution in [1.82, 2.24) is 10.2 Å². The highest BCUT2D eigenvalue weighted by atomic mass is 79.9. The normalized spacial score (nSPS) is 21.7. The third-order valence-electron chi connectivity index (χ3n) is 4.33. The maximum absolute atomic E-state index is 12.9. The van der Waals surface area contributed by atoms with Gasteiger partial charge in [-0.3, -0.25) is 4.79 Å². The van der Waals surface area contributed by atoms with E-state index in [9.17, 15) is 4.79 Å². The number of rotatable bonds is 4. The summed E-state index contributed by atoms with van der Waals surface area (Å²) in [5.74, 6) is 0.345. The van der Waals surface area contributed by atoms with Crippen LogP contribution in [0, 0.1) is 5.92 Å². The zero-order valence-electron chi connectivity index (χ0n) is 12.2. The van der Waals surface area contributed by atoms with Gasteiger partial charge in [0.2, 0.25) is 5.91 Å². The second kappa shape index (κ2) is 7.08. The van der Waals surface area contributed by atoms with Crippen molar-refractivity contribution in [2.24, 2.45) is 5.92 Å². The van der Waals surface area contributed by atoms with Gasteiger partial charge in [0.05, 0.1) is 16.0 Å². The minimum absolute atomic E-state index is 0.0933. The monoisotopic (exact) mass is 404 g/mol. The molecule has 3 rings (SSSR count). The summed E-state index contributed by atoms with van der Waals surface area (Å²) in [6, 6.07) is 4.10. The number of piperidine rings is 1. The lowest BCUT2D eigenvalue weighted by atomic mass is 9.97. The van der Waals surface area contributed by atoms with Crippen LogP contribution in [-0.2, 0) is 11.3 Å². The first-order valence-electron chi connectivity index (χ1n) is 7.71. The number of carbonyl (C=O) groups excluding carboxylic acids is 1. The van der Waals surface area contributed by atoms with Gasteiger partial charge in [0.1, 0.15) is 0 Å². The van der Waals surface area contributed by atoms with E-state index >= 15 is 0 Å². The van der Waals surface area contributed by atoms with Crippen LogP contribution in [0.1, 0.15) is 31.2 Å². The lowest BCUT2D eigenvalue weighted by Crippen LogP contribution is -2.43. The Kier molecular flexibility index (Phi) is 5.33. The van der Waals surface area contributed by atoms with Crippen LogP contribution in [0.2, 0.25) is 10.0 Å². The summed E-state index contributed by atoms with van der Waals surface area (Å²) >= 11 is 15.9. The lowest BCUT2D eigenvalue weighted by molar-refractivity contribution is -0.137. The Morgan fingerprint density at radius 1 is 1.32 bits per heavy atom.